The summed E-state index contributed by atoms with van der Waals surface area (Å²) in [5.74, 6) is -1.29. The van der Waals surface area contributed by atoms with Crippen LogP contribution < -0.4 is 5.32 Å². The van der Waals surface area contributed by atoms with Crippen molar-refractivity contribution >= 4 is 46.7 Å². The van der Waals surface area contributed by atoms with Crippen molar-refractivity contribution in [3.8, 4) is 0 Å². The Kier molecular flexibility index (Phi) is 8.98. The Morgan fingerprint density at radius 1 is 1.12 bits per heavy atom. The number of carbonyl (C=O) groups excluding carboxylic acids is 2. The van der Waals surface area contributed by atoms with E-state index in [0.717, 1.165) is 48.8 Å². The number of carbonyl (C=O) groups is 2. The quantitative estimate of drug-likeness (QED) is 0.638. The number of piperazine rings is 1. The first-order chi connectivity index (χ1) is 14.7. The summed E-state index contributed by atoms with van der Waals surface area (Å²) in [4.78, 5) is 30.2. The van der Waals surface area contributed by atoms with Crippen molar-refractivity contribution in [2.45, 2.75) is 26.4 Å². The second kappa shape index (κ2) is 10.7. The zero-order chi connectivity index (χ0) is 22.3. The van der Waals surface area contributed by atoms with Crippen LogP contribution in [0.5, 0.6) is 0 Å². The number of benzene rings is 1. The number of amides is 2. The van der Waals surface area contributed by atoms with Gasteiger partial charge in [0.15, 0.2) is 0 Å². The predicted octanol–water partition coefficient (Wildman–Crippen LogP) is 1.72. The van der Waals surface area contributed by atoms with Crippen molar-refractivity contribution in [3.05, 3.63) is 47.2 Å². The molecule has 3 heterocycles. The fraction of sp³-hybridized carbons (Fsp3) is 0.545. The van der Waals surface area contributed by atoms with Gasteiger partial charge in [-0.3, -0.25) is 14.5 Å². The molecule has 0 radical (unpaired) electrons. The minimum atomic E-state index is -3.74. The average molecular weight is 519 g/mol. The Morgan fingerprint density at radius 2 is 1.73 bits per heavy atom. The molecule has 2 amide bonds. The van der Waals surface area contributed by atoms with E-state index in [-0.39, 0.29) is 36.6 Å². The summed E-state index contributed by atoms with van der Waals surface area (Å²) in [7, 11) is -3.74. The molecule has 2 saturated heterocycles. The first-order valence-corrected chi connectivity index (χ1v) is 12.6. The van der Waals surface area contributed by atoms with Crippen LogP contribution in [0.2, 0.25) is 0 Å². The molecule has 1 N–H and O–H groups in total. The molecule has 1 aromatic carbocycles. The maximum Gasteiger partial charge on any atom is 0.254 e. The number of halogens is 2. The van der Waals surface area contributed by atoms with Crippen LogP contribution in [-0.2, 0) is 21.4 Å². The number of hydrogen-bond donors (Lipinski definition) is 1. The topological polar surface area (TPSA) is 90.0 Å². The molecular formula is C22H32Cl2N4O4S. The van der Waals surface area contributed by atoms with Gasteiger partial charge in [0.1, 0.15) is 0 Å². The molecular weight excluding hydrogens is 487 g/mol. The Labute approximate surface area is 208 Å². The third-order valence-corrected chi connectivity index (χ3v) is 7.38. The molecule has 0 spiro atoms. The third-order valence-electron chi connectivity index (χ3n) is 6.32. The number of nitrogens with one attached hydrogen (secondary N) is 1. The Hall–Kier alpha value is -1.65. The van der Waals surface area contributed by atoms with Crippen LogP contribution in [0, 0.1) is 11.8 Å². The van der Waals surface area contributed by atoms with Gasteiger partial charge in [0, 0.05) is 44.8 Å². The van der Waals surface area contributed by atoms with Gasteiger partial charge in [-0.05, 0) is 29.7 Å². The second-order valence-electron chi connectivity index (χ2n) is 8.89. The third kappa shape index (κ3) is 5.38. The first kappa shape index (κ1) is 27.6. The monoisotopic (exact) mass is 518 g/mol. The summed E-state index contributed by atoms with van der Waals surface area (Å²) in [6, 6.07) is 7.06. The summed E-state index contributed by atoms with van der Waals surface area (Å²) in [5.41, 5.74) is 2.11. The minimum absolute atomic E-state index is 0. The summed E-state index contributed by atoms with van der Waals surface area (Å²) in [6.45, 7) is 8.91. The second-order valence-corrected chi connectivity index (χ2v) is 10.7. The van der Waals surface area contributed by atoms with E-state index in [0.29, 0.717) is 17.8 Å². The number of fused-ring (bicyclic) bond motifs is 1. The van der Waals surface area contributed by atoms with E-state index in [9.17, 15) is 18.0 Å². The van der Waals surface area contributed by atoms with Crippen LogP contribution in [-0.4, -0.2) is 79.4 Å². The van der Waals surface area contributed by atoms with Crippen molar-refractivity contribution in [2.24, 2.45) is 11.8 Å². The van der Waals surface area contributed by atoms with E-state index >= 15 is 0 Å². The van der Waals surface area contributed by atoms with Crippen LogP contribution >= 0.6 is 24.8 Å². The lowest BCUT2D eigenvalue weighted by Crippen LogP contribution is -2.43. The molecule has 3 aliphatic heterocycles. The summed E-state index contributed by atoms with van der Waals surface area (Å²) < 4.78 is 25.4. The maximum absolute atomic E-state index is 13.3. The molecule has 8 nitrogen and oxygen atoms in total. The molecule has 0 saturated carbocycles. The van der Waals surface area contributed by atoms with Gasteiger partial charge < -0.3 is 10.2 Å². The average Bonchev–Trinajstić information content (AvgIpc) is 3.24. The number of rotatable bonds is 5. The lowest BCUT2D eigenvalue weighted by atomic mass is 9.89. The Bertz CT molecular complexity index is 1010. The SMILES string of the molecule is CC(C)[C@H]1C(=O)N(S(C)(=O)=O)C2=CCN(C(=O)c3ccc(CN4CCNCC4)cc3)[C@@H]21.Cl.Cl. The highest BCUT2D eigenvalue weighted by Crippen LogP contribution is 2.41. The molecule has 11 heteroatoms. The number of nitrogens with zero attached hydrogens (tertiary/aromatic N) is 3. The van der Waals surface area contributed by atoms with Crippen molar-refractivity contribution in [1.82, 2.24) is 19.4 Å². The molecule has 2 fully saturated rings. The van der Waals surface area contributed by atoms with Crippen LogP contribution in [0.4, 0.5) is 0 Å². The first-order valence-electron chi connectivity index (χ1n) is 10.8. The molecule has 0 aromatic heterocycles. The summed E-state index contributed by atoms with van der Waals surface area (Å²) in [5, 5.41) is 3.34. The highest BCUT2D eigenvalue weighted by atomic mass is 35.5. The normalized spacial score (nSPS) is 23.2. The zero-order valence-corrected chi connectivity index (χ0v) is 21.5. The van der Waals surface area contributed by atoms with E-state index in [1.807, 2.05) is 38.1 Å². The highest BCUT2D eigenvalue weighted by molar-refractivity contribution is 7.89. The molecule has 0 aliphatic carbocycles. The largest absolute Gasteiger partial charge is 0.325 e. The van der Waals surface area contributed by atoms with Gasteiger partial charge in [0.2, 0.25) is 15.9 Å². The van der Waals surface area contributed by atoms with E-state index in [1.54, 1.807) is 11.0 Å². The van der Waals surface area contributed by atoms with E-state index in [2.05, 4.69) is 10.2 Å². The molecule has 0 unspecified atom stereocenters. The van der Waals surface area contributed by atoms with E-state index in [4.69, 9.17) is 0 Å². The van der Waals surface area contributed by atoms with Crippen LogP contribution in [0.15, 0.2) is 36.0 Å². The maximum atomic E-state index is 13.3. The van der Waals surface area contributed by atoms with Crippen molar-refractivity contribution in [3.63, 3.8) is 0 Å². The van der Waals surface area contributed by atoms with Gasteiger partial charge in [-0.25, -0.2) is 12.7 Å². The van der Waals surface area contributed by atoms with Crippen molar-refractivity contribution in [1.29, 1.82) is 0 Å². The lowest BCUT2D eigenvalue weighted by molar-refractivity contribution is -0.128. The molecule has 184 valence electrons. The zero-order valence-electron chi connectivity index (χ0n) is 19.1. The fourth-order valence-corrected chi connectivity index (χ4v) is 5.84. The molecule has 4 rings (SSSR count). The molecule has 2 atom stereocenters. The van der Waals surface area contributed by atoms with E-state index < -0.39 is 27.9 Å². The standard InChI is InChI=1S/C22H30N4O4S.2ClH/c1-15(2)19-20-18(26(22(19)28)31(3,29)30)8-11-25(20)21(27)17-6-4-16(5-7-17)14-24-12-9-23-10-13-24;;/h4-8,15,19-20,23H,9-14H2,1-3H3;2*1H/t19-,20+;;/m1../s1. The van der Waals surface area contributed by atoms with Gasteiger partial charge in [-0.15, -0.1) is 24.8 Å². The number of hydrogen-bond acceptors (Lipinski definition) is 6. The number of sulfonamides is 1. The lowest BCUT2D eigenvalue weighted by Gasteiger charge is -2.29. The van der Waals surface area contributed by atoms with Crippen LogP contribution in [0.25, 0.3) is 0 Å². The van der Waals surface area contributed by atoms with Gasteiger partial charge in [-0.1, -0.05) is 26.0 Å². The molecule has 33 heavy (non-hydrogen) atoms. The predicted molar refractivity (Wildman–Crippen MR) is 132 cm³/mol. The molecule has 0 bridgehead atoms. The molecule has 1 aromatic rings. The Balaban J connectivity index is 0.00000193. The van der Waals surface area contributed by atoms with Crippen molar-refractivity contribution < 1.29 is 18.0 Å². The fourth-order valence-electron chi connectivity index (χ4n) is 4.82. The smallest absolute Gasteiger partial charge is 0.254 e. The summed E-state index contributed by atoms with van der Waals surface area (Å²) in [6.07, 6.45) is 2.73. The van der Waals surface area contributed by atoms with Gasteiger partial charge in [0.25, 0.3) is 5.91 Å². The Morgan fingerprint density at radius 3 is 2.27 bits per heavy atom. The molecule has 3 aliphatic rings. The van der Waals surface area contributed by atoms with Crippen LogP contribution in [0.1, 0.15) is 29.8 Å². The van der Waals surface area contributed by atoms with Crippen molar-refractivity contribution in [2.75, 3.05) is 39.0 Å². The van der Waals surface area contributed by atoms with Gasteiger partial charge >= 0.3 is 0 Å². The van der Waals surface area contributed by atoms with Gasteiger partial charge in [-0.2, -0.15) is 0 Å². The van der Waals surface area contributed by atoms with Gasteiger partial charge in [0.05, 0.1) is 23.9 Å². The highest BCUT2D eigenvalue weighted by Gasteiger charge is 2.54. The minimum Gasteiger partial charge on any atom is -0.325 e. The summed E-state index contributed by atoms with van der Waals surface area (Å²) >= 11 is 0. The van der Waals surface area contributed by atoms with Crippen LogP contribution in [0.3, 0.4) is 0 Å². The van der Waals surface area contributed by atoms with E-state index in [1.165, 1.54) is 0 Å².